The molecule has 1 rings (SSSR count). The molecule has 0 radical (unpaired) electrons. The van der Waals surface area contributed by atoms with E-state index in [0.29, 0.717) is 25.8 Å². The molecule has 0 aromatic carbocycles. The first kappa shape index (κ1) is 11.8. The largest absolute Gasteiger partial charge is 0.422 e. The van der Waals surface area contributed by atoms with E-state index in [-0.39, 0.29) is 5.92 Å². The van der Waals surface area contributed by atoms with E-state index in [0.717, 1.165) is 0 Å². The summed E-state index contributed by atoms with van der Waals surface area (Å²) >= 11 is 0. The van der Waals surface area contributed by atoms with Crippen LogP contribution in [0.3, 0.4) is 0 Å². The highest BCUT2D eigenvalue weighted by molar-refractivity contribution is 4.92. The van der Waals surface area contributed by atoms with Gasteiger partial charge in [-0.2, -0.15) is 13.2 Å². The lowest BCUT2D eigenvalue weighted by molar-refractivity contribution is -0.244. The van der Waals surface area contributed by atoms with Crippen LogP contribution in [0.5, 0.6) is 0 Å². The number of hydrogen-bond donors (Lipinski definition) is 1. The van der Waals surface area contributed by atoms with Crippen molar-refractivity contribution < 1.29 is 17.6 Å². The fourth-order valence-electron chi connectivity index (χ4n) is 2.07. The summed E-state index contributed by atoms with van der Waals surface area (Å²) in [6.45, 7) is 0.332. The van der Waals surface area contributed by atoms with E-state index in [9.17, 15) is 17.6 Å². The fraction of sp³-hybridized carbons (Fsp3) is 1.00. The molecule has 0 heterocycles. The van der Waals surface area contributed by atoms with Crippen LogP contribution in [0.2, 0.25) is 0 Å². The predicted octanol–water partition coefficient (Wildman–Crippen LogP) is 2.80. The van der Waals surface area contributed by atoms with Crippen LogP contribution < -0.4 is 5.73 Å². The van der Waals surface area contributed by atoms with Crippen LogP contribution in [0.15, 0.2) is 0 Å². The van der Waals surface area contributed by atoms with Crippen LogP contribution in [0, 0.1) is 5.92 Å². The third kappa shape index (κ3) is 2.38. The molecule has 0 saturated heterocycles. The molecule has 0 amide bonds. The second kappa shape index (κ2) is 4.04. The van der Waals surface area contributed by atoms with Gasteiger partial charge in [0, 0.05) is 0 Å². The molecule has 2 unspecified atom stereocenters. The SMILES string of the molecule is NCCC1CCCC(F)(C(F)(F)F)C1. The van der Waals surface area contributed by atoms with Crippen molar-refractivity contribution in [2.45, 2.75) is 43.9 Å². The molecular weight excluding hydrogens is 198 g/mol. The summed E-state index contributed by atoms with van der Waals surface area (Å²) < 4.78 is 50.5. The summed E-state index contributed by atoms with van der Waals surface area (Å²) in [5.74, 6) is -0.208. The normalized spacial score (nSPS) is 34.5. The highest BCUT2D eigenvalue weighted by Crippen LogP contribution is 2.47. The average Bonchev–Trinajstić information content (AvgIpc) is 2.03. The Morgan fingerprint density at radius 3 is 2.50 bits per heavy atom. The molecule has 0 aromatic heterocycles. The maximum atomic E-state index is 13.5. The lowest BCUT2D eigenvalue weighted by atomic mass is 9.77. The van der Waals surface area contributed by atoms with Gasteiger partial charge in [-0.15, -0.1) is 0 Å². The molecule has 0 aromatic rings. The van der Waals surface area contributed by atoms with Gasteiger partial charge in [-0.1, -0.05) is 6.42 Å². The van der Waals surface area contributed by atoms with Crippen LogP contribution in [-0.2, 0) is 0 Å². The first-order valence-electron chi connectivity index (χ1n) is 4.85. The number of rotatable bonds is 2. The Kier molecular flexibility index (Phi) is 3.40. The maximum Gasteiger partial charge on any atom is 0.422 e. The van der Waals surface area contributed by atoms with Gasteiger partial charge in [-0.3, -0.25) is 0 Å². The third-order valence-electron chi connectivity index (χ3n) is 2.88. The fourth-order valence-corrected chi connectivity index (χ4v) is 2.07. The third-order valence-corrected chi connectivity index (χ3v) is 2.88. The lowest BCUT2D eigenvalue weighted by Crippen LogP contribution is -2.45. The van der Waals surface area contributed by atoms with Crippen molar-refractivity contribution in [1.82, 2.24) is 0 Å². The average molecular weight is 213 g/mol. The Balaban J connectivity index is 2.62. The van der Waals surface area contributed by atoms with Crippen LogP contribution in [-0.4, -0.2) is 18.4 Å². The summed E-state index contributed by atoms with van der Waals surface area (Å²) in [6.07, 6.45) is -4.06. The van der Waals surface area contributed by atoms with E-state index in [1.807, 2.05) is 0 Å². The predicted molar refractivity (Wildman–Crippen MR) is 45.5 cm³/mol. The Morgan fingerprint density at radius 2 is 2.00 bits per heavy atom. The molecule has 0 spiro atoms. The number of hydrogen-bond acceptors (Lipinski definition) is 1. The number of halogens is 4. The van der Waals surface area contributed by atoms with E-state index in [2.05, 4.69) is 0 Å². The van der Waals surface area contributed by atoms with E-state index in [1.54, 1.807) is 0 Å². The first-order chi connectivity index (χ1) is 6.39. The molecule has 2 N–H and O–H groups in total. The molecule has 2 atom stereocenters. The Bertz CT molecular complexity index is 190. The van der Waals surface area contributed by atoms with Crippen molar-refractivity contribution in [3.8, 4) is 0 Å². The lowest BCUT2D eigenvalue weighted by Gasteiger charge is -2.35. The van der Waals surface area contributed by atoms with E-state index < -0.39 is 24.7 Å². The summed E-state index contributed by atoms with van der Waals surface area (Å²) in [4.78, 5) is 0. The van der Waals surface area contributed by atoms with E-state index in [1.165, 1.54) is 0 Å². The van der Waals surface area contributed by atoms with Crippen LogP contribution in [0.25, 0.3) is 0 Å². The van der Waals surface area contributed by atoms with Crippen molar-refractivity contribution >= 4 is 0 Å². The standard InChI is InChI=1S/C9H15F4N/c10-8(9(11,12)13)4-1-2-7(6-8)3-5-14/h7H,1-6,14H2. The molecule has 1 nitrogen and oxygen atoms in total. The van der Waals surface area contributed by atoms with Gasteiger partial charge in [0.1, 0.15) is 0 Å². The van der Waals surface area contributed by atoms with Crippen molar-refractivity contribution in [2.24, 2.45) is 11.7 Å². The zero-order valence-electron chi connectivity index (χ0n) is 7.91. The summed E-state index contributed by atoms with van der Waals surface area (Å²) in [7, 11) is 0. The minimum Gasteiger partial charge on any atom is -0.330 e. The second-order valence-electron chi connectivity index (χ2n) is 4.00. The molecule has 0 bridgehead atoms. The molecule has 1 fully saturated rings. The highest BCUT2D eigenvalue weighted by Gasteiger charge is 2.57. The zero-order chi connectivity index (χ0) is 10.8. The quantitative estimate of drug-likeness (QED) is 0.701. The molecule has 1 aliphatic rings. The highest BCUT2D eigenvalue weighted by atomic mass is 19.4. The van der Waals surface area contributed by atoms with Crippen LogP contribution >= 0.6 is 0 Å². The van der Waals surface area contributed by atoms with Gasteiger partial charge in [0.05, 0.1) is 0 Å². The molecule has 1 saturated carbocycles. The molecular formula is C9H15F4N. The molecule has 14 heavy (non-hydrogen) atoms. The van der Waals surface area contributed by atoms with Gasteiger partial charge in [-0.25, -0.2) is 4.39 Å². The van der Waals surface area contributed by atoms with Crippen molar-refractivity contribution in [3.05, 3.63) is 0 Å². The summed E-state index contributed by atoms with van der Waals surface area (Å²) in [5.41, 5.74) is 2.29. The smallest absolute Gasteiger partial charge is 0.330 e. The second-order valence-corrected chi connectivity index (χ2v) is 4.00. The molecule has 84 valence electrons. The maximum absolute atomic E-state index is 13.5. The van der Waals surface area contributed by atoms with E-state index >= 15 is 0 Å². The van der Waals surface area contributed by atoms with Gasteiger partial charge < -0.3 is 5.73 Å². The molecule has 0 aliphatic heterocycles. The Morgan fingerprint density at radius 1 is 1.36 bits per heavy atom. The summed E-state index contributed by atoms with van der Waals surface area (Å²) in [6, 6.07) is 0. The minimum absolute atomic E-state index is 0.208. The first-order valence-corrected chi connectivity index (χ1v) is 4.85. The monoisotopic (exact) mass is 213 g/mol. The van der Waals surface area contributed by atoms with Crippen molar-refractivity contribution in [3.63, 3.8) is 0 Å². The topological polar surface area (TPSA) is 26.0 Å². The molecule has 1 aliphatic carbocycles. The van der Waals surface area contributed by atoms with E-state index in [4.69, 9.17) is 5.73 Å². The van der Waals surface area contributed by atoms with Crippen LogP contribution in [0.1, 0.15) is 32.1 Å². The Hall–Kier alpha value is -0.320. The summed E-state index contributed by atoms with van der Waals surface area (Å²) in [5, 5.41) is 0. The van der Waals surface area contributed by atoms with Gasteiger partial charge in [-0.05, 0) is 38.1 Å². The van der Waals surface area contributed by atoms with Gasteiger partial charge in [0.25, 0.3) is 0 Å². The van der Waals surface area contributed by atoms with Crippen molar-refractivity contribution in [2.75, 3.05) is 6.54 Å². The molecule has 5 heteroatoms. The Labute approximate surface area is 80.7 Å². The number of alkyl halides is 4. The zero-order valence-corrected chi connectivity index (χ0v) is 7.91. The number of nitrogens with two attached hydrogens (primary N) is 1. The minimum atomic E-state index is -4.72. The van der Waals surface area contributed by atoms with Crippen LogP contribution in [0.4, 0.5) is 17.6 Å². The van der Waals surface area contributed by atoms with Gasteiger partial charge in [0.2, 0.25) is 5.67 Å². The van der Waals surface area contributed by atoms with Crippen molar-refractivity contribution in [1.29, 1.82) is 0 Å². The van der Waals surface area contributed by atoms with Gasteiger partial charge in [0.15, 0.2) is 0 Å². The van der Waals surface area contributed by atoms with Gasteiger partial charge >= 0.3 is 6.18 Å².